The summed E-state index contributed by atoms with van der Waals surface area (Å²) in [7, 11) is -1.46. The van der Waals surface area contributed by atoms with Gasteiger partial charge in [-0.15, -0.1) is 0 Å². The molecule has 2 aromatic carbocycles. The number of amides is 1. The van der Waals surface area contributed by atoms with E-state index >= 15 is 0 Å². The Balaban J connectivity index is 1.52. The van der Waals surface area contributed by atoms with Crippen LogP contribution in [0.25, 0.3) is 0 Å². The number of sulfonamides is 1. The second-order valence-electron chi connectivity index (χ2n) is 10.1. The van der Waals surface area contributed by atoms with Crippen LogP contribution in [0.15, 0.2) is 54.6 Å². The highest BCUT2D eigenvalue weighted by Gasteiger charge is 2.43. The SMILES string of the molecule is Cc1cccc(CS(=O)(=O)N2CCCC(COc3ccccc3)(CC(=O)N3CCN(C)CC3)C2)c1. The summed E-state index contributed by atoms with van der Waals surface area (Å²) in [5, 5.41) is 0. The van der Waals surface area contributed by atoms with Crippen LogP contribution in [0.1, 0.15) is 30.4 Å². The first-order chi connectivity index (χ1) is 16.7. The van der Waals surface area contributed by atoms with Crippen LogP contribution in [0.2, 0.25) is 0 Å². The van der Waals surface area contributed by atoms with Crippen molar-refractivity contribution in [2.24, 2.45) is 5.41 Å². The average Bonchev–Trinajstić information content (AvgIpc) is 2.84. The van der Waals surface area contributed by atoms with Gasteiger partial charge in [0, 0.05) is 51.1 Å². The van der Waals surface area contributed by atoms with E-state index < -0.39 is 15.4 Å². The van der Waals surface area contributed by atoms with Crippen LogP contribution in [0.5, 0.6) is 5.75 Å². The minimum atomic E-state index is -3.53. The van der Waals surface area contributed by atoms with E-state index in [1.165, 1.54) is 0 Å². The molecular formula is C27H37N3O4S. The molecule has 2 heterocycles. The molecule has 1 amide bonds. The molecule has 0 radical (unpaired) electrons. The number of ether oxygens (including phenoxy) is 1. The minimum Gasteiger partial charge on any atom is -0.493 e. The fraction of sp³-hybridized carbons (Fsp3) is 0.519. The first-order valence-electron chi connectivity index (χ1n) is 12.4. The van der Waals surface area contributed by atoms with Crippen LogP contribution >= 0.6 is 0 Å². The van der Waals surface area contributed by atoms with E-state index in [2.05, 4.69) is 11.9 Å². The Morgan fingerprint density at radius 1 is 1.00 bits per heavy atom. The summed E-state index contributed by atoms with van der Waals surface area (Å²) in [6.45, 7) is 6.18. The topological polar surface area (TPSA) is 70.2 Å². The first kappa shape index (κ1) is 25.7. The smallest absolute Gasteiger partial charge is 0.223 e. The molecule has 7 nitrogen and oxygen atoms in total. The Bertz CT molecular complexity index is 1100. The van der Waals surface area contributed by atoms with E-state index in [1.54, 1.807) is 4.31 Å². The van der Waals surface area contributed by atoms with Crippen molar-refractivity contribution in [2.45, 2.75) is 31.9 Å². The van der Waals surface area contributed by atoms with Gasteiger partial charge in [0.25, 0.3) is 0 Å². The lowest BCUT2D eigenvalue weighted by Crippen LogP contribution is -2.53. The molecule has 2 saturated heterocycles. The number of hydrogen-bond acceptors (Lipinski definition) is 5. The molecular weight excluding hydrogens is 462 g/mol. The van der Waals surface area contributed by atoms with Crippen LogP contribution in [0, 0.1) is 12.3 Å². The molecule has 35 heavy (non-hydrogen) atoms. The van der Waals surface area contributed by atoms with Gasteiger partial charge in [-0.2, -0.15) is 0 Å². The highest BCUT2D eigenvalue weighted by molar-refractivity contribution is 7.88. The van der Waals surface area contributed by atoms with Crippen LogP contribution in [0.3, 0.4) is 0 Å². The van der Waals surface area contributed by atoms with Crippen LogP contribution in [-0.2, 0) is 20.6 Å². The van der Waals surface area contributed by atoms with Crippen molar-refractivity contribution in [1.29, 1.82) is 0 Å². The molecule has 2 aromatic rings. The quantitative estimate of drug-likeness (QED) is 0.558. The number of hydrogen-bond donors (Lipinski definition) is 0. The maximum absolute atomic E-state index is 13.4. The van der Waals surface area contributed by atoms with E-state index in [9.17, 15) is 13.2 Å². The summed E-state index contributed by atoms with van der Waals surface area (Å²) >= 11 is 0. The fourth-order valence-corrected chi connectivity index (χ4v) is 6.72. The number of piperidine rings is 1. The number of carbonyl (C=O) groups is 1. The highest BCUT2D eigenvalue weighted by atomic mass is 32.2. The lowest BCUT2D eigenvalue weighted by atomic mass is 9.78. The third-order valence-electron chi connectivity index (χ3n) is 7.12. The summed E-state index contributed by atoms with van der Waals surface area (Å²) in [4.78, 5) is 17.5. The Morgan fingerprint density at radius 3 is 2.46 bits per heavy atom. The molecule has 1 unspecified atom stereocenters. The first-order valence-corrected chi connectivity index (χ1v) is 14.0. The molecule has 0 spiro atoms. The number of likely N-dealkylation sites (N-methyl/N-ethyl adjacent to an activating group) is 1. The van der Waals surface area contributed by atoms with Gasteiger partial charge < -0.3 is 14.5 Å². The van der Waals surface area contributed by atoms with Gasteiger partial charge in [0.2, 0.25) is 15.9 Å². The van der Waals surface area contributed by atoms with Gasteiger partial charge >= 0.3 is 0 Å². The summed E-state index contributed by atoms with van der Waals surface area (Å²) in [5.41, 5.74) is 1.27. The maximum atomic E-state index is 13.4. The second-order valence-corrected chi connectivity index (χ2v) is 12.1. The third kappa shape index (κ3) is 6.84. The number of carbonyl (C=O) groups excluding carboxylic acids is 1. The highest BCUT2D eigenvalue weighted by Crippen LogP contribution is 2.37. The van der Waals surface area contributed by atoms with E-state index in [0.717, 1.165) is 36.4 Å². The predicted octanol–water partition coefficient (Wildman–Crippen LogP) is 3.15. The van der Waals surface area contributed by atoms with E-state index in [-0.39, 0.29) is 11.7 Å². The van der Waals surface area contributed by atoms with Gasteiger partial charge in [-0.25, -0.2) is 12.7 Å². The van der Waals surface area contributed by atoms with Gasteiger partial charge in [0.1, 0.15) is 5.75 Å². The molecule has 2 aliphatic heterocycles. The van der Waals surface area contributed by atoms with Crippen LogP contribution in [-0.4, -0.2) is 81.4 Å². The summed E-state index contributed by atoms with van der Waals surface area (Å²) in [6.07, 6.45) is 1.76. The Hall–Kier alpha value is -2.42. The standard InChI is InChI=1S/C27H37N3O4S/c1-23-8-6-9-24(18-23)20-35(32,33)30-13-7-12-27(21-30,22-34-25-10-4-3-5-11-25)19-26(31)29-16-14-28(2)15-17-29/h3-6,8-11,18H,7,12-17,19-22H2,1-2H3. The summed E-state index contributed by atoms with van der Waals surface area (Å²) in [6, 6.07) is 17.2. The predicted molar refractivity (Wildman–Crippen MR) is 138 cm³/mol. The fourth-order valence-electron chi connectivity index (χ4n) is 5.06. The molecule has 2 aliphatic rings. The van der Waals surface area contributed by atoms with Crippen molar-refractivity contribution in [3.05, 3.63) is 65.7 Å². The van der Waals surface area contributed by atoms with Gasteiger partial charge in [-0.1, -0.05) is 48.0 Å². The van der Waals surface area contributed by atoms with Crippen molar-refractivity contribution in [3.63, 3.8) is 0 Å². The maximum Gasteiger partial charge on any atom is 0.223 e. The number of piperazine rings is 1. The molecule has 0 aromatic heterocycles. The molecule has 0 bridgehead atoms. The average molecular weight is 500 g/mol. The molecule has 8 heteroatoms. The van der Waals surface area contributed by atoms with Crippen molar-refractivity contribution in [1.82, 2.24) is 14.1 Å². The monoisotopic (exact) mass is 499 g/mol. The van der Waals surface area contributed by atoms with Gasteiger partial charge in [0.15, 0.2) is 0 Å². The molecule has 2 fully saturated rings. The largest absolute Gasteiger partial charge is 0.493 e. The molecule has 0 aliphatic carbocycles. The summed E-state index contributed by atoms with van der Waals surface area (Å²) < 4.78 is 34.6. The number of nitrogens with zero attached hydrogens (tertiary/aromatic N) is 3. The number of benzene rings is 2. The van der Waals surface area contributed by atoms with Crippen molar-refractivity contribution in [3.8, 4) is 5.75 Å². The normalized spacial score (nSPS) is 22.2. The molecule has 190 valence electrons. The molecule has 0 N–H and O–H groups in total. The Labute approximate surface area is 209 Å². The molecule has 4 rings (SSSR count). The van der Waals surface area contributed by atoms with Crippen molar-refractivity contribution in [2.75, 3.05) is 52.9 Å². The van der Waals surface area contributed by atoms with Crippen molar-refractivity contribution >= 4 is 15.9 Å². The molecule has 1 atom stereocenters. The zero-order valence-corrected chi connectivity index (χ0v) is 21.7. The van der Waals surface area contributed by atoms with Crippen LogP contribution in [0.4, 0.5) is 0 Å². The Kier molecular flexibility index (Phi) is 8.14. The summed E-state index contributed by atoms with van der Waals surface area (Å²) in [5.74, 6) is 0.794. The Morgan fingerprint density at radius 2 is 1.74 bits per heavy atom. The van der Waals surface area contributed by atoms with E-state index in [4.69, 9.17) is 4.74 Å². The number of aryl methyl sites for hydroxylation is 1. The second kappa shape index (κ2) is 11.1. The lowest BCUT2D eigenvalue weighted by molar-refractivity contribution is -0.136. The van der Waals surface area contributed by atoms with Gasteiger partial charge in [-0.3, -0.25) is 4.79 Å². The van der Waals surface area contributed by atoms with E-state index in [1.807, 2.05) is 66.4 Å². The molecule has 0 saturated carbocycles. The van der Waals surface area contributed by atoms with Crippen LogP contribution < -0.4 is 4.74 Å². The number of rotatable bonds is 8. The van der Waals surface area contributed by atoms with Gasteiger partial charge in [-0.05, 0) is 44.5 Å². The number of para-hydroxylation sites is 1. The third-order valence-corrected chi connectivity index (χ3v) is 8.92. The zero-order valence-electron chi connectivity index (χ0n) is 20.9. The van der Waals surface area contributed by atoms with Gasteiger partial charge in [0.05, 0.1) is 12.4 Å². The van der Waals surface area contributed by atoms with Crippen molar-refractivity contribution < 1.29 is 17.9 Å². The zero-order chi connectivity index (χ0) is 24.9. The lowest BCUT2D eigenvalue weighted by Gasteiger charge is -2.43. The minimum absolute atomic E-state index is 0.0310. The van der Waals surface area contributed by atoms with E-state index in [0.29, 0.717) is 45.6 Å².